The number of rotatable bonds is 7. The van der Waals surface area contributed by atoms with Gasteiger partial charge in [-0.05, 0) is 55.3 Å². The third kappa shape index (κ3) is 4.54. The summed E-state index contributed by atoms with van der Waals surface area (Å²) >= 11 is 7.53. The second kappa shape index (κ2) is 9.03. The number of halogens is 1. The van der Waals surface area contributed by atoms with Crippen LogP contribution in [0.4, 0.5) is 5.13 Å². The SMILES string of the molecule is CCOc1ccc2nc(NC(=O)[C@@H]3CC(=O)N(CCc4c[nH]c5ccc(Cl)cc45)C3)sc2c1. The van der Waals surface area contributed by atoms with Crippen LogP contribution in [0.5, 0.6) is 5.75 Å². The van der Waals surface area contributed by atoms with E-state index < -0.39 is 0 Å². The number of hydrogen-bond acceptors (Lipinski definition) is 5. The molecule has 5 rings (SSSR count). The van der Waals surface area contributed by atoms with E-state index in [9.17, 15) is 9.59 Å². The van der Waals surface area contributed by atoms with Crippen molar-refractivity contribution in [3.63, 3.8) is 0 Å². The Morgan fingerprint density at radius 1 is 1.33 bits per heavy atom. The summed E-state index contributed by atoms with van der Waals surface area (Å²) in [5.74, 6) is 0.217. The fourth-order valence-electron chi connectivity index (χ4n) is 4.20. The van der Waals surface area contributed by atoms with Gasteiger partial charge in [0, 0.05) is 41.6 Å². The number of carbonyl (C=O) groups excluding carboxylic acids is 2. The summed E-state index contributed by atoms with van der Waals surface area (Å²) in [7, 11) is 0. The molecule has 1 saturated heterocycles. The van der Waals surface area contributed by atoms with E-state index in [1.165, 1.54) is 11.3 Å². The van der Waals surface area contributed by atoms with Gasteiger partial charge in [-0.25, -0.2) is 4.98 Å². The van der Waals surface area contributed by atoms with E-state index in [2.05, 4.69) is 15.3 Å². The lowest BCUT2D eigenvalue weighted by molar-refractivity contribution is -0.128. The average Bonchev–Trinajstić information content (AvgIpc) is 3.48. The summed E-state index contributed by atoms with van der Waals surface area (Å²) in [5, 5.41) is 5.17. The summed E-state index contributed by atoms with van der Waals surface area (Å²) in [6, 6.07) is 11.4. The van der Waals surface area contributed by atoms with Crippen molar-refractivity contribution in [2.45, 2.75) is 19.8 Å². The van der Waals surface area contributed by atoms with Gasteiger partial charge in [-0.3, -0.25) is 9.59 Å². The third-order valence-corrected chi connectivity index (χ3v) is 7.04. The Balaban J connectivity index is 1.21. The number of anilines is 1. The molecule has 0 radical (unpaired) electrons. The molecular weight excluding hydrogens is 460 g/mol. The van der Waals surface area contributed by atoms with Gasteiger partial charge in [0.05, 0.1) is 22.7 Å². The molecule has 4 aromatic rings. The predicted octanol–water partition coefficient (Wildman–Crippen LogP) is 4.86. The molecule has 1 aliphatic heterocycles. The van der Waals surface area contributed by atoms with Crippen molar-refractivity contribution >= 4 is 61.0 Å². The zero-order chi connectivity index (χ0) is 22.9. The van der Waals surface area contributed by atoms with Crippen LogP contribution in [0.1, 0.15) is 18.9 Å². The normalized spacial score (nSPS) is 16.1. The quantitative estimate of drug-likeness (QED) is 0.394. The zero-order valence-corrected chi connectivity index (χ0v) is 19.6. The van der Waals surface area contributed by atoms with Gasteiger partial charge in [-0.15, -0.1) is 0 Å². The van der Waals surface area contributed by atoms with Crippen molar-refractivity contribution in [3.05, 3.63) is 53.2 Å². The molecule has 0 aliphatic carbocycles. The number of thiazole rings is 1. The van der Waals surface area contributed by atoms with E-state index in [0.29, 0.717) is 36.3 Å². The Morgan fingerprint density at radius 3 is 3.06 bits per heavy atom. The third-order valence-electron chi connectivity index (χ3n) is 5.87. The number of carbonyl (C=O) groups is 2. The van der Waals surface area contributed by atoms with Crippen molar-refractivity contribution in [1.29, 1.82) is 0 Å². The van der Waals surface area contributed by atoms with Crippen molar-refractivity contribution in [1.82, 2.24) is 14.9 Å². The molecule has 7 nitrogen and oxygen atoms in total. The molecule has 2 aromatic heterocycles. The maximum atomic E-state index is 12.8. The molecule has 3 heterocycles. The number of H-pyrrole nitrogens is 1. The van der Waals surface area contributed by atoms with Crippen LogP contribution in [0.2, 0.25) is 5.02 Å². The van der Waals surface area contributed by atoms with Gasteiger partial charge in [-0.1, -0.05) is 22.9 Å². The minimum Gasteiger partial charge on any atom is -0.494 e. The molecule has 0 saturated carbocycles. The molecule has 1 aliphatic rings. The summed E-state index contributed by atoms with van der Waals surface area (Å²) < 4.78 is 6.47. The fraction of sp³-hybridized carbons (Fsp3) is 0.292. The van der Waals surface area contributed by atoms with Crippen LogP contribution >= 0.6 is 22.9 Å². The minimum atomic E-state index is -0.388. The number of fused-ring (bicyclic) bond motifs is 2. The van der Waals surface area contributed by atoms with Crippen LogP contribution in [-0.4, -0.2) is 46.4 Å². The summed E-state index contributed by atoms with van der Waals surface area (Å²) in [4.78, 5) is 34.9. The van der Waals surface area contributed by atoms with E-state index >= 15 is 0 Å². The second-order valence-electron chi connectivity index (χ2n) is 8.07. The standard InChI is InChI=1S/C24H23ClN4O3S/c1-2-32-17-4-6-20-21(11-17)33-24(27-20)28-23(31)15-9-22(30)29(13-15)8-7-14-12-26-19-5-3-16(25)10-18(14)19/h3-6,10-12,15,26H,2,7-9,13H2,1H3,(H,27,28,31)/t15-/m1/s1. The molecule has 2 aromatic carbocycles. The maximum absolute atomic E-state index is 12.8. The van der Waals surface area contributed by atoms with Gasteiger partial charge in [0.1, 0.15) is 5.75 Å². The Kier molecular flexibility index (Phi) is 5.95. The van der Waals surface area contributed by atoms with Gasteiger partial charge in [0.2, 0.25) is 11.8 Å². The highest BCUT2D eigenvalue weighted by atomic mass is 35.5. The van der Waals surface area contributed by atoms with E-state index in [4.69, 9.17) is 16.3 Å². The second-order valence-corrected chi connectivity index (χ2v) is 9.53. The molecule has 1 fully saturated rings. The minimum absolute atomic E-state index is 0.00122. The van der Waals surface area contributed by atoms with Crippen molar-refractivity contribution in [3.8, 4) is 5.75 Å². The summed E-state index contributed by atoms with van der Waals surface area (Å²) in [6.07, 6.45) is 2.86. The molecule has 9 heteroatoms. The van der Waals surface area contributed by atoms with Gasteiger partial charge < -0.3 is 19.9 Å². The first-order valence-corrected chi connectivity index (χ1v) is 12.1. The van der Waals surface area contributed by atoms with E-state index in [-0.39, 0.29) is 24.2 Å². The lowest BCUT2D eigenvalue weighted by atomic mass is 10.1. The van der Waals surface area contributed by atoms with E-state index in [1.54, 1.807) is 4.90 Å². The first kappa shape index (κ1) is 21.7. The molecular formula is C24H23ClN4O3S. The lowest BCUT2D eigenvalue weighted by Crippen LogP contribution is -2.29. The van der Waals surface area contributed by atoms with Crippen molar-refractivity contribution < 1.29 is 14.3 Å². The number of aromatic amines is 1. The fourth-order valence-corrected chi connectivity index (χ4v) is 5.27. The van der Waals surface area contributed by atoms with E-state index in [0.717, 1.165) is 32.4 Å². The highest BCUT2D eigenvalue weighted by Crippen LogP contribution is 2.30. The zero-order valence-electron chi connectivity index (χ0n) is 18.1. The average molecular weight is 483 g/mol. The highest BCUT2D eigenvalue weighted by molar-refractivity contribution is 7.22. The first-order valence-electron chi connectivity index (χ1n) is 10.9. The van der Waals surface area contributed by atoms with Crippen LogP contribution in [0.15, 0.2) is 42.6 Å². The Hall–Kier alpha value is -3.10. The van der Waals surface area contributed by atoms with Crippen LogP contribution < -0.4 is 10.1 Å². The molecule has 170 valence electrons. The van der Waals surface area contributed by atoms with Crippen molar-refractivity contribution in [2.75, 3.05) is 25.0 Å². The number of amides is 2. The smallest absolute Gasteiger partial charge is 0.231 e. The molecule has 0 spiro atoms. The summed E-state index contributed by atoms with van der Waals surface area (Å²) in [5.41, 5.74) is 2.93. The van der Waals surface area contributed by atoms with Crippen LogP contribution in [-0.2, 0) is 16.0 Å². The highest BCUT2D eigenvalue weighted by Gasteiger charge is 2.34. The molecule has 33 heavy (non-hydrogen) atoms. The number of hydrogen-bond donors (Lipinski definition) is 2. The van der Waals surface area contributed by atoms with Gasteiger partial charge >= 0.3 is 0 Å². The number of likely N-dealkylation sites (tertiary alicyclic amines) is 1. The summed E-state index contributed by atoms with van der Waals surface area (Å²) in [6.45, 7) is 3.50. The van der Waals surface area contributed by atoms with Crippen molar-refractivity contribution in [2.24, 2.45) is 5.92 Å². The van der Waals surface area contributed by atoms with Gasteiger partial charge in [0.25, 0.3) is 0 Å². The van der Waals surface area contributed by atoms with Gasteiger partial charge in [0.15, 0.2) is 5.13 Å². The number of aromatic nitrogens is 2. The topological polar surface area (TPSA) is 87.3 Å². The Labute approximate surface area is 199 Å². The molecule has 0 bridgehead atoms. The van der Waals surface area contributed by atoms with E-state index in [1.807, 2.05) is 49.5 Å². The number of nitrogens with one attached hydrogen (secondary N) is 2. The molecule has 2 amide bonds. The monoisotopic (exact) mass is 482 g/mol. The maximum Gasteiger partial charge on any atom is 0.231 e. The Morgan fingerprint density at radius 2 is 2.21 bits per heavy atom. The predicted molar refractivity (Wildman–Crippen MR) is 131 cm³/mol. The molecule has 1 atom stereocenters. The Bertz CT molecular complexity index is 1350. The molecule has 0 unspecified atom stereocenters. The van der Waals surface area contributed by atoms with Crippen LogP contribution in [0.3, 0.4) is 0 Å². The molecule has 2 N–H and O–H groups in total. The largest absolute Gasteiger partial charge is 0.494 e. The lowest BCUT2D eigenvalue weighted by Gasteiger charge is -2.16. The number of ether oxygens (including phenoxy) is 1. The van der Waals surface area contributed by atoms with Crippen LogP contribution in [0.25, 0.3) is 21.1 Å². The van der Waals surface area contributed by atoms with Gasteiger partial charge in [-0.2, -0.15) is 0 Å². The van der Waals surface area contributed by atoms with Crippen LogP contribution in [0, 0.1) is 5.92 Å². The first-order chi connectivity index (χ1) is 16.0. The number of nitrogens with zero attached hydrogens (tertiary/aromatic N) is 2. The number of benzene rings is 2.